The van der Waals surface area contributed by atoms with E-state index in [1.165, 1.54) is 22.6 Å². The summed E-state index contributed by atoms with van der Waals surface area (Å²) in [6.07, 6.45) is -3.96. The molecule has 0 aliphatic carbocycles. The van der Waals surface area contributed by atoms with Gasteiger partial charge in [-0.1, -0.05) is 0 Å². The fourth-order valence-electron chi connectivity index (χ4n) is 0.639. The molecule has 0 aliphatic heterocycles. The van der Waals surface area contributed by atoms with E-state index in [4.69, 9.17) is 4.11 Å². The van der Waals surface area contributed by atoms with Gasteiger partial charge in [-0.3, -0.25) is 4.98 Å². The van der Waals surface area contributed by atoms with Crippen LogP contribution in [0.1, 0.15) is 15.4 Å². The van der Waals surface area contributed by atoms with Crippen molar-refractivity contribution in [1.82, 2.24) is 4.98 Å². The number of aryl methyl sites for hydroxylation is 1. The summed E-state index contributed by atoms with van der Waals surface area (Å²) < 4.78 is 57.7. The predicted octanol–water partition coefficient (Wildman–Crippen LogP) is 3.01. The van der Waals surface area contributed by atoms with Crippen LogP contribution in [-0.4, -0.2) is 4.98 Å². The normalized spacial score (nSPS) is 16.5. The molecular weight excluding hydrogens is 282 g/mol. The van der Waals surface area contributed by atoms with Crippen molar-refractivity contribution >= 4 is 22.6 Å². The second-order valence-electron chi connectivity index (χ2n) is 2.05. The number of halogens is 4. The minimum absolute atomic E-state index is 0.166. The molecule has 0 saturated carbocycles. The molecule has 0 radical (unpaired) electrons. The van der Waals surface area contributed by atoms with E-state index in [0.717, 1.165) is 6.07 Å². The van der Waals surface area contributed by atoms with Crippen molar-refractivity contribution in [2.75, 3.05) is 0 Å². The highest BCUT2D eigenvalue weighted by molar-refractivity contribution is 14.1. The molecule has 0 amide bonds. The second kappa shape index (κ2) is 3.20. The summed E-state index contributed by atoms with van der Waals surface area (Å²) in [5.41, 5.74) is -1.25. The van der Waals surface area contributed by atoms with Crippen molar-refractivity contribution in [1.29, 1.82) is 0 Å². The molecule has 0 saturated heterocycles. The molecule has 0 bridgehead atoms. The van der Waals surface area contributed by atoms with Crippen molar-refractivity contribution < 1.29 is 17.3 Å². The average Bonchev–Trinajstić information content (AvgIpc) is 1.99. The van der Waals surface area contributed by atoms with E-state index in [1.807, 2.05) is 0 Å². The third-order valence-electron chi connectivity index (χ3n) is 1.16. The van der Waals surface area contributed by atoms with Crippen LogP contribution in [0.25, 0.3) is 0 Å². The minimum Gasteiger partial charge on any atom is -0.261 e. The van der Waals surface area contributed by atoms with Crippen LogP contribution in [-0.2, 0) is 6.18 Å². The largest absolute Gasteiger partial charge is 0.418 e. The lowest BCUT2D eigenvalue weighted by Gasteiger charge is -2.07. The lowest BCUT2D eigenvalue weighted by molar-refractivity contribution is -0.138. The summed E-state index contributed by atoms with van der Waals surface area (Å²) in [6.45, 7) is -2.48. The van der Waals surface area contributed by atoms with E-state index in [2.05, 4.69) is 4.98 Å². The van der Waals surface area contributed by atoms with Gasteiger partial charge < -0.3 is 0 Å². The monoisotopic (exact) mass is 290 g/mol. The molecule has 1 nitrogen and oxygen atoms in total. The van der Waals surface area contributed by atoms with Crippen molar-refractivity contribution in [2.24, 2.45) is 0 Å². The second-order valence-corrected chi connectivity index (χ2v) is 3.21. The van der Waals surface area contributed by atoms with E-state index < -0.39 is 18.6 Å². The molecule has 0 aromatic carbocycles. The third-order valence-corrected chi connectivity index (χ3v) is 2.05. The average molecular weight is 290 g/mol. The summed E-state index contributed by atoms with van der Waals surface area (Å²) in [5, 5.41) is 0. The van der Waals surface area contributed by atoms with E-state index in [9.17, 15) is 13.2 Å². The van der Waals surface area contributed by atoms with Crippen molar-refractivity contribution in [3.05, 3.63) is 27.1 Å². The maximum absolute atomic E-state index is 12.3. The Morgan fingerprint density at radius 3 is 2.67 bits per heavy atom. The van der Waals surface area contributed by atoms with Gasteiger partial charge in [0.1, 0.15) is 0 Å². The van der Waals surface area contributed by atoms with Gasteiger partial charge in [-0.25, -0.2) is 0 Å². The molecule has 1 rings (SSSR count). The van der Waals surface area contributed by atoms with Crippen LogP contribution >= 0.6 is 22.6 Å². The Labute approximate surface area is 85.4 Å². The first kappa shape index (κ1) is 6.17. The SMILES string of the molecule is [2H]C([2H])([2H])c1cc(I)c(C(F)(F)F)cn1. The van der Waals surface area contributed by atoms with E-state index in [0.29, 0.717) is 6.20 Å². The van der Waals surface area contributed by atoms with Crippen molar-refractivity contribution in [3.8, 4) is 0 Å². The Hall–Kier alpha value is -0.330. The van der Waals surface area contributed by atoms with Gasteiger partial charge in [-0.15, -0.1) is 0 Å². The van der Waals surface area contributed by atoms with Crippen LogP contribution in [0.2, 0.25) is 0 Å². The van der Waals surface area contributed by atoms with E-state index in [1.54, 1.807) is 0 Å². The fraction of sp³-hybridized carbons (Fsp3) is 0.286. The van der Waals surface area contributed by atoms with Crippen LogP contribution in [0.15, 0.2) is 12.3 Å². The zero-order valence-corrected chi connectivity index (χ0v) is 7.77. The Morgan fingerprint density at radius 2 is 2.25 bits per heavy atom. The van der Waals surface area contributed by atoms with Gasteiger partial charge in [0.25, 0.3) is 0 Å². The number of pyridine rings is 1. The first-order chi connectivity index (χ1) is 6.62. The molecular formula is C7H5F3IN. The quantitative estimate of drug-likeness (QED) is 0.669. The van der Waals surface area contributed by atoms with Gasteiger partial charge in [0.05, 0.1) is 5.56 Å². The molecule has 1 heterocycles. The number of rotatable bonds is 0. The van der Waals surface area contributed by atoms with Crippen LogP contribution in [0.3, 0.4) is 0 Å². The molecule has 1 aromatic rings. The first-order valence-corrected chi connectivity index (χ1v) is 3.93. The van der Waals surface area contributed by atoms with Crippen molar-refractivity contribution in [3.63, 3.8) is 0 Å². The maximum atomic E-state index is 12.3. The number of aromatic nitrogens is 1. The van der Waals surface area contributed by atoms with Gasteiger partial charge in [0.15, 0.2) is 0 Å². The molecule has 0 unspecified atom stereocenters. The summed E-state index contributed by atoms with van der Waals surface area (Å²) in [6, 6.07) is 0.927. The van der Waals surface area contributed by atoms with Crippen molar-refractivity contribution in [2.45, 2.75) is 13.0 Å². The van der Waals surface area contributed by atoms with Crippen LogP contribution in [0, 0.1) is 10.4 Å². The molecule has 0 aliphatic rings. The highest BCUT2D eigenvalue weighted by Gasteiger charge is 2.33. The standard InChI is InChI=1S/C7H5F3IN/c1-4-2-6(11)5(3-12-4)7(8,9)10/h2-3H,1H3/i1D3. The number of alkyl halides is 3. The number of hydrogen-bond donors (Lipinski definition) is 0. The Balaban J connectivity index is 3.21. The Bertz CT molecular complexity index is 375. The van der Waals surface area contributed by atoms with Gasteiger partial charge in [-0.05, 0) is 35.5 Å². The highest BCUT2D eigenvalue weighted by atomic mass is 127. The topological polar surface area (TPSA) is 12.9 Å². The molecule has 12 heavy (non-hydrogen) atoms. The van der Waals surface area contributed by atoms with Gasteiger partial charge in [-0.2, -0.15) is 13.2 Å². The lowest BCUT2D eigenvalue weighted by atomic mass is 10.2. The smallest absolute Gasteiger partial charge is 0.261 e. The molecule has 0 fully saturated rings. The Kier molecular flexibility index (Phi) is 1.64. The zero-order valence-electron chi connectivity index (χ0n) is 8.61. The highest BCUT2D eigenvalue weighted by Crippen LogP contribution is 2.32. The van der Waals surface area contributed by atoms with E-state index in [-0.39, 0.29) is 9.26 Å². The molecule has 1 aromatic heterocycles. The zero-order chi connectivity index (χ0) is 11.9. The summed E-state index contributed by atoms with van der Waals surface area (Å²) >= 11 is 1.44. The molecule has 66 valence electrons. The van der Waals surface area contributed by atoms with Gasteiger partial charge >= 0.3 is 6.18 Å². The minimum atomic E-state index is -4.50. The predicted molar refractivity (Wildman–Crippen MR) is 46.7 cm³/mol. The van der Waals surface area contributed by atoms with Gasteiger partial charge in [0.2, 0.25) is 0 Å². The molecule has 0 N–H and O–H groups in total. The third kappa shape index (κ3) is 2.09. The Morgan fingerprint density at radius 1 is 1.58 bits per heavy atom. The molecule has 5 heteroatoms. The summed E-state index contributed by atoms with van der Waals surface area (Å²) in [4.78, 5) is 3.29. The van der Waals surface area contributed by atoms with Crippen LogP contribution < -0.4 is 0 Å². The summed E-state index contributed by atoms with van der Waals surface area (Å²) in [5.74, 6) is 0. The first-order valence-electron chi connectivity index (χ1n) is 4.35. The molecule has 0 atom stereocenters. The number of hydrogen-bond acceptors (Lipinski definition) is 1. The fourth-order valence-corrected chi connectivity index (χ4v) is 1.38. The van der Waals surface area contributed by atoms with Crippen LogP contribution in [0.4, 0.5) is 13.2 Å². The molecule has 0 spiro atoms. The van der Waals surface area contributed by atoms with Gasteiger partial charge in [0, 0.05) is 19.6 Å². The number of nitrogens with zero attached hydrogens (tertiary/aromatic N) is 1. The van der Waals surface area contributed by atoms with Crippen LogP contribution in [0.5, 0.6) is 0 Å². The summed E-state index contributed by atoms with van der Waals surface area (Å²) in [7, 11) is 0. The van der Waals surface area contributed by atoms with E-state index >= 15 is 0 Å². The lowest BCUT2D eigenvalue weighted by Crippen LogP contribution is -2.08. The maximum Gasteiger partial charge on any atom is 0.418 e.